The van der Waals surface area contributed by atoms with Gasteiger partial charge >= 0.3 is 11.8 Å². The Morgan fingerprint density at radius 2 is 1.06 bits per heavy atom. The molecule has 80 valence electrons. The Morgan fingerprint density at radius 1 is 0.625 bits per heavy atom. The van der Waals surface area contributed by atoms with Crippen LogP contribution in [0.5, 0.6) is 0 Å². The highest BCUT2D eigenvalue weighted by Gasteiger charge is 2.14. The third-order valence-corrected chi connectivity index (χ3v) is 2.05. The smallest absolute Gasteiger partial charge is 0.314 e. The van der Waals surface area contributed by atoms with E-state index in [4.69, 9.17) is 0 Å². The number of anilines is 2. The number of rotatable bonds is 0. The summed E-state index contributed by atoms with van der Waals surface area (Å²) in [7, 11) is 0. The van der Waals surface area contributed by atoms with Gasteiger partial charge in [-0.2, -0.15) is 0 Å². The number of fused-ring (bicyclic) bond motifs is 3. The van der Waals surface area contributed by atoms with Crippen molar-refractivity contribution in [3.05, 3.63) is 48.5 Å². The van der Waals surface area contributed by atoms with E-state index in [9.17, 15) is 9.59 Å². The molecule has 1 aromatic carbocycles. The van der Waals surface area contributed by atoms with Crippen LogP contribution in [0, 0.1) is 0 Å². The molecule has 2 bridgehead atoms. The zero-order valence-corrected chi connectivity index (χ0v) is 8.44. The van der Waals surface area contributed by atoms with Crippen molar-refractivity contribution in [3.8, 4) is 0 Å². The first-order valence-corrected chi connectivity index (χ1v) is 4.81. The van der Waals surface area contributed by atoms with Gasteiger partial charge in [-0.25, -0.2) is 0 Å². The molecule has 0 fully saturated rings. The van der Waals surface area contributed by atoms with E-state index in [2.05, 4.69) is 10.6 Å². The molecule has 4 heteroatoms. The monoisotopic (exact) mass is 214 g/mol. The number of carbonyl (C=O) groups excluding carboxylic acids is 2. The molecule has 1 heterocycles. The Labute approximate surface area is 92.6 Å². The summed E-state index contributed by atoms with van der Waals surface area (Å²) in [6.07, 6.45) is 0. The van der Waals surface area contributed by atoms with Crippen LogP contribution in [0.4, 0.5) is 11.4 Å². The molecule has 1 aliphatic heterocycles. The number of amides is 2. The molecule has 0 radical (unpaired) electrons. The lowest BCUT2D eigenvalue weighted by Gasteiger charge is -2.08. The van der Waals surface area contributed by atoms with Crippen molar-refractivity contribution in [2.45, 2.75) is 0 Å². The van der Waals surface area contributed by atoms with E-state index in [-0.39, 0.29) is 0 Å². The number of hydrogen-bond acceptors (Lipinski definition) is 2. The molecule has 0 aromatic heterocycles. The number of nitrogens with one attached hydrogen (secondary N) is 2. The van der Waals surface area contributed by atoms with Crippen LogP contribution in [0.1, 0.15) is 0 Å². The molecule has 0 atom stereocenters. The summed E-state index contributed by atoms with van der Waals surface area (Å²) in [6.45, 7) is 0. The normalized spacial score (nSPS) is 13.0. The minimum atomic E-state index is -0.667. The van der Waals surface area contributed by atoms with Gasteiger partial charge in [-0.15, -0.1) is 0 Å². The van der Waals surface area contributed by atoms with Crippen LogP contribution in [0.25, 0.3) is 0 Å². The van der Waals surface area contributed by atoms with Crippen LogP contribution >= 0.6 is 0 Å². The zero-order valence-electron chi connectivity index (χ0n) is 8.44. The lowest BCUT2D eigenvalue weighted by atomic mass is 10.3. The second-order valence-corrected chi connectivity index (χ2v) is 3.26. The number of hydrogen-bond donors (Lipinski definition) is 2. The molecular formula is C12H10N2O2. The van der Waals surface area contributed by atoms with Crippen molar-refractivity contribution in [3.63, 3.8) is 0 Å². The fourth-order valence-corrected chi connectivity index (χ4v) is 1.28. The molecule has 1 aliphatic rings. The van der Waals surface area contributed by atoms with Gasteiger partial charge in [0.15, 0.2) is 0 Å². The first kappa shape index (κ1) is 10.2. The molecule has 0 saturated carbocycles. The van der Waals surface area contributed by atoms with Gasteiger partial charge in [-0.05, 0) is 24.3 Å². The molecule has 4 nitrogen and oxygen atoms in total. The quantitative estimate of drug-likeness (QED) is 0.646. The summed E-state index contributed by atoms with van der Waals surface area (Å²) in [6, 6.07) is 14.1. The van der Waals surface area contributed by atoms with Crippen molar-refractivity contribution in [1.29, 1.82) is 0 Å². The molecule has 2 N–H and O–H groups in total. The van der Waals surface area contributed by atoms with E-state index in [1.807, 2.05) is 12.1 Å². The highest BCUT2D eigenvalue weighted by atomic mass is 16.2. The van der Waals surface area contributed by atoms with E-state index in [0.717, 1.165) is 0 Å². The molecule has 0 aliphatic carbocycles. The first-order chi connectivity index (χ1) is 7.75. The summed E-state index contributed by atoms with van der Waals surface area (Å²) in [5, 5.41) is 4.99. The van der Waals surface area contributed by atoms with Gasteiger partial charge in [-0.1, -0.05) is 24.3 Å². The van der Waals surface area contributed by atoms with Gasteiger partial charge in [0, 0.05) is 11.4 Å². The predicted molar refractivity (Wildman–Crippen MR) is 61.3 cm³/mol. The fraction of sp³-hybridized carbons (Fsp3) is 0. The van der Waals surface area contributed by atoms with Crippen LogP contribution in [0.2, 0.25) is 0 Å². The van der Waals surface area contributed by atoms with Crippen LogP contribution < -0.4 is 10.6 Å². The van der Waals surface area contributed by atoms with Crippen LogP contribution in [-0.4, -0.2) is 11.8 Å². The topological polar surface area (TPSA) is 58.2 Å². The average molecular weight is 214 g/mol. The lowest BCUT2D eigenvalue weighted by molar-refractivity contribution is -0.133. The maximum Gasteiger partial charge on any atom is 0.314 e. The predicted octanol–water partition coefficient (Wildman–Crippen LogP) is 1.70. The van der Waals surface area contributed by atoms with E-state index in [1.165, 1.54) is 0 Å². The highest BCUT2D eigenvalue weighted by molar-refractivity contribution is 6.43. The van der Waals surface area contributed by atoms with Crippen molar-refractivity contribution in [2.75, 3.05) is 10.6 Å². The van der Waals surface area contributed by atoms with Crippen LogP contribution in [0.3, 0.4) is 0 Å². The Kier molecular flexibility index (Phi) is 2.82. The standard InChI is InChI=1S/C12H10N2O2/c15-11-12(16)14-10-6-4-2-1-3-5-9(13-11)7-8-10/h1-8H,(H,13,15)(H,14,16). The third kappa shape index (κ3) is 2.36. The van der Waals surface area contributed by atoms with Gasteiger partial charge < -0.3 is 10.6 Å². The van der Waals surface area contributed by atoms with Gasteiger partial charge in [0.2, 0.25) is 0 Å². The molecule has 16 heavy (non-hydrogen) atoms. The summed E-state index contributed by atoms with van der Waals surface area (Å²) >= 11 is 0. The average Bonchev–Trinajstić information content (AvgIpc) is 2.27. The van der Waals surface area contributed by atoms with Crippen molar-refractivity contribution in [2.24, 2.45) is 0 Å². The van der Waals surface area contributed by atoms with Crippen molar-refractivity contribution in [1.82, 2.24) is 0 Å². The molecule has 1 aromatic rings. The molecule has 2 amide bonds. The van der Waals surface area contributed by atoms with Crippen LogP contribution in [-0.2, 0) is 9.59 Å². The van der Waals surface area contributed by atoms with Gasteiger partial charge in [0.05, 0.1) is 0 Å². The minimum absolute atomic E-state index is 0.581. The summed E-state index contributed by atoms with van der Waals surface area (Å²) in [5.41, 5.74) is 1.16. The zero-order chi connectivity index (χ0) is 11.4. The number of carbonyl (C=O) groups is 2. The summed E-state index contributed by atoms with van der Waals surface area (Å²) in [4.78, 5) is 22.7. The molecule has 2 rings (SSSR count). The van der Waals surface area contributed by atoms with Gasteiger partial charge in [-0.3, -0.25) is 9.59 Å². The van der Waals surface area contributed by atoms with Gasteiger partial charge in [0.25, 0.3) is 0 Å². The highest BCUT2D eigenvalue weighted by Crippen LogP contribution is 2.10. The maximum absolute atomic E-state index is 11.4. The first-order valence-electron chi connectivity index (χ1n) is 4.81. The van der Waals surface area contributed by atoms with E-state index in [1.54, 1.807) is 36.4 Å². The summed E-state index contributed by atoms with van der Waals surface area (Å²) < 4.78 is 0. The third-order valence-electron chi connectivity index (χ3n) is 2.05. The minimum Gasteiger partial charge on any atom is -0.318 e. The molecule has 0 spiro atoms. The van der Waals surface area contributed by atoms with Gasteiger partial charge in [0.1, 0.15) is 0 Å². The molecular weight excluding hydrogens is 204 g/mol. The Balaban J connectivity index is 2.60. The Bertz CT molecular complexity index is 451. The van der Waals surface area contributed by atoms with E-state index >= 15 is 0 Å². The SMILES string of the molecule is O=C1Nc2ccccccc(cc2)NC1=O. The second kappa shape index (κ2) is 4.44. The molecule has 0 unspecified atom stereocenters. The Hall–Kier alpha value is -2.36. The van der Waals surface area contributed by atoms with Crippen molar-refractivity contribution < 1.29 is 9.59 Å². The fourth-order valence-electron chi connectivity index (χ4n) is 1.28. The lowest BCUT2D eigenvalue weighted by Crippen LogP contribution is -2.29. The van der Waals surface area contributed by atoms with Crippen LogP contribution in [0.15, 0.2) is 48.5 Å². The van der Waals surface area contributed by atoms with E-state index < -0.39 is 11.8 Å². The van der Waals surface area contributed by atoms with E-state index in [0.29, 0.717) is 11.4 Å². The molecule has 0 saturated heterocycles. The second-order valence-electron chi connectivity index (χ2n) is 3.26. The van der Waals surface area contributed by atoms with Crippen molar-refractivity contribution >= 4 is 23.2 Å². The largest absolute Gasteiger partial charge is 0.318 e. The maximum atomic E-state index is 11.4. The summed E-state index contributed by atoms with van der Waals surface area (Å²) in [5.74, 6) is -1.33. The Morgan fingerprint density at radius 3 is 1.50 bits per heavy atom.